The van der Waals surface area contributed by atoms with Gasteiger partial charge in [0.25, 0.3) is 0 Å². The monoisotopic (exact) mass is 264 g/mol. The number of hydrogen-bond donors (Lipinski definition) is 0. The Morgan fingerprint density at radius 1 is 1.37 bits per heavy atom. The molecule has 1 unspecified atom stereocenters. The molecular weight excluding hydrogens is 240 g/mol. The summed E-state index contributed by atoms with van der Waals surface area (Å²) >= 11 is 0. The molecule has 5 nitrogen and oxygen atoms in total. The molecule has 0 saturated carbocycles. The van der Waals surface area contributed by atoms with Crippen molar-refractivity contribution in [2.24, 2.45) is 0 Å². The topological polar surface area (TPSA) is 41.5 Å². The van der Waals surface area contributed by atoms with Gasteiger partial charge in [0.15, 0.2) is 0 Å². The third kappa shape index (κ3) is 4.44. The van der Waals surface area contributed by atoms with Crippen molar-refractivity contribution in [3.63, 3.8) is 0 Å². The van der Waals surface area contributed by atoms with Crippen LogP contribution in [0, 0.1) is 0 Å². The van der Waals surface area contributed by atoms with Gasteiger partial charge in [-0.25, -0.2) is 9.97 Å². The predicted molar refractivity (Wildman–Crippen MR) is 76.3 cm³/mol. The highest BCUT2D eigenvalue weighted by Crippen LogP contribution is 2.15. The molecule has 1 atom stereocenters. The Balaban J connectivity index is 1.80. The minimum absolute atomic E-state index is 0.463. The van der Waals surface area contributed by atoms with Gasteiger partial charge < -0.3 is 14.5 Å². The fourth-order valence-corrected chi connectivity index (χ4v) is 2.28. The summed E-state index contributed by atoms with van der Waals surface area (Å²) in [5.74, 6) is 0.769. The molecule has 1 aromatic heterocycles. The molecule has 1 aliphatic heterocycles. The van der Waals surface area contributed by atoms with E-state index in [1.54, 1.807) is 0 Å². The summed E-state index contributed by atoms with van der Waals surface area (Å²) in [6, 6.07) is 1.98. The lowest BCUT2D eigenvalue weighted by molar-refractivity contribution is 0.0942. The number of hydrogen-bond acceptors (Lipinski definition) is 5. The Morgan fingerprint density at radius 3 is 2.89 bits per heavy atom. The average molecular weight is 264 g/mol. The van der Waals surface area contributed by atoms with Crippen molar-refractivity contribution < 1.29 is 4.74 Å². The zero-order valence-electron chi connectivity index (χ0n) is 12.2. The van der Waals surface area contributed by atoms with Gasteiger partial charge in [0.1, 0.15) is 0 Å². The van der Waals surface area contributed by atoms with Gasteiger partial charge in [0, 0.05) is 40.0 Å². The van der Waals surface area contributed by atoms with Crippen molar-refractivity contribution in [2.45, 2.75) is 31.9 Å². The van der Waals surface area contributed by atoms with E-state index in [2.05, 4.69) is 21.9 Å². The Hall–Kier alpha value is -1.20. The highest BCUT2D eigenvalue weighted by Gasteiger charge is 2.15. The van der Waals surface area contributed by atoms with Crippen molar-refractivity contribution in [3.05, 3.63) is 18.0 Å². The molecule has 1 saturated heterocycles. The zero-order chi connectivity index (χ0) is 13.7. The first kappa shape index (κ1) is 14.2. The molecular formula is C14H24N4O. The Kier molecular flexibility index (Phi) is 5.10. The molecule has 1 aromatic rings. The normalized spacial score (nSPS) is 19.1. The predicted octanol–water partition coefficient (Wildman–Crippen LogP) is 1.54. The largest absolute Gasteiger partial charge is 0.378 e. The van der Waals surface area contributed by atoms with E-state index in [9.17, 15) is 0 Å². The summed E-state index contributed by atoms with van der Waals surface area (Å²) in [5.41, 5.74) is 1.06. The number of rotatable bonds is 6. The van der Waals surface area contributed by atoms with Crippen LogP contribution in [0.15, 0.2) is 12.3 Å². The smallest absolute Gasteiger partial charge is 0.225 e. The molecule has 0 aliphatic carbocycles. The molecule has 2 heterocycles. The van der Waals surface area contributed by atoms with Crippen LogP contribution >= 0.6 is 0 Å². The van der Waals surface area contributed by atoms with Crippen LogP contribution in [0.1, 0.15) is 25.0 Å². The van der Waals surface area contributed by atoms with Crippen LogP contribution < -0.4 is 4.90 Å². The van der Waals surface area contributed by atoms with Gasteiger partial charge in [-0.2, -0.15) is 0 Å². The Labute approximate surface area is 115 Å². The summed E-state index contributed by atoms with van der Waals surface area (Å²) in [5, 5.41) is 0. The maximum atomic E-state index is 5.65. The molecule has 0 N–H and O–H groups in total. The minimum Gasteiger partial charge on any atom is -0.378 e. The maximum absolute atomic E-state index is 5.65. The SMILES string of the molecule is CN(CCC1CCCO1)Cc1ccnc(N(C)C)n1. The van der Waals surface area contributed by atoms with Gasteiger partial charge in [-0.15, -0.1) is 0 Å². The molecule has 0 amide bonds. The average Bonchev–Trinajstić information content (AvgIpc) is 2.90. The van der Waals surface area contributed by atoms with Crippen molar-refractivity contribution in [1.82, 2.24) is 14.9 Å². The van der Waals surface area contributed by atoms with Crippen LogP contribution in [-0.4, -0.2) is 55.3 Å². The summed E-state index contributed by atoms with van der Waals surface area (Å²) in [6.45, 7) is 2.84. The van der Waals surface area contributed by atoms with Gasteiger partial charge in [-0.05, 0) is 32.4 Å². The summed E-state index contributed by atoms with van der Waals surface area (Å²) < 4.78 is 5.65. The lowest BCUT2D eigenvalue weighted by Gasteiger charge is -2.19. The Morgan fingerprint density at radius 2 is 2.21 bits per heavy atom. The molecule has 1 aliphatic rings. The van der Waals surface area contributed by atoms with Gasteiger partial charge >= 0.3 is 0 Å². The molecule has 106 valence electrons. The van der Waals surface area contributed by atoms with E-state index in [-0.39, 0.29) is 0 Å². The zero-order valence-corrected chi connectivity index (χ0v) is 12.2. The molecule has 2 rings (SSSR count). The van der Waals surface area contributed by atoms with Crippen LogP contribution in [0.4, 0.5) is 5.95 Å². The highest BCUT2D eigenvalue weighted by atomic mass is 16.5. The molecule has 0 aromatic carbocycles. The van der Waals surface area contributed by atoms with E-state index in [0.29, 0.717) is 6.10 Å². The van der Waals surface area contributed by atoms with Gasteiger partial charge in [-0.3, -0.25) is 0 Å². The van der Waals surface area contributed by atoms with Crippen LogP contribution in [-0.2, 0) is 11.3 Å². The van der Waals surface area contributed by atoms with Gasteiger partial charge in [0.05, 0.1) is 11.8 Å². The molecule has 0 spiro atoms. The van der Waals surface area contributed by atoms with Crippen LogP contribution in [0.3, 0.4) is 0 Å². The van der Waals surface area contributed by atoms with E-state index in [0.717, 1.165) is 37.8 Å². The molecule has 0 bridgehead atoms. The van der Waals surface area contributed by atoms with Crippen LogP contribution in [0.25, 0.3) is 0 Å². The number of aromatic nitrogens is 2. The Bertz CT molecular complexity index is 391. The van der Waals surface area contributed by atoms with Gasteiger partial charge in [0.2, 0.25) is 5.95 Å². The third-order valence-corrected chi connectivity index (χ3v) is 3.39. The van der Waals surface area contributed by atoms with Crippen molar-refractivity contribution in [1.29, 1.82) is 0 Å². The summed E-state index contributed by atoms with van der Waals surface area (Å²) in [7, 11) is 6.05. The van der Waals surface area contributed by atoms with E-state index in [1.165, 1.54) is 12.8 Å². The second-order valence-corrected chi connectivity index (χ2v) is 5.40. The standard InChI is InChI=1S/C14H24N4O/c1-17(2)14-15-8-6-12(16-14)11-18(3)9-7-13-5-4-10-19-13/h6,8,13H,4-5,7,9-11H2,1-3H3. The second kappa shape index (κ2) is 6.82. The van der Waals surface area contributed by atoms with E-state index < -0.39 is 0 Å². The van der Waals surface area contributed by atoms with Crippen LogP contribution in [0.2, 0.25) is 0 Å². The molecule has 5 heteroatoms. The first-order valence-corrected chi connectivity index (χ1v) is 6.94. The minimum atomic E-state index is 0.463. The maximum Gasteiger partial charge on any atom is 0.225 e. The number of anilines is 1. The molecule has 1 fully saturated rings. The summed E-state index contributed by atoms with van der Waals surface area (Å²) in [4.78, 5) is 13.0. The van der Waals surface area contributed by atoms with E-state index in [1.807, 2.05) is 31.3 Å². The molecule has 19 heavy (non-hydrogen) atoms. The quantitative estimate of drug-likeness (QED) is 0.779. The fourth-order valence-electron chi connectivity index (χ4n) is 2.28. The summed E-state index contributed by atoms with van der Waals surface area (Å²) in [6.07, 6.45) is 5.83. The van der Waals surface area contributed by atoms with Crippen molar-refractivity contribution in [2.75, 3.05) is 39.2 Å². The number of ether oxygens (including phenoxy) is 1. The van der Waals surface area contributed by atoms with Crippen molar-refractivity contribution >= 4 is 5.95 Å². The van der Waals surface area contributed by atoms with Crippen molar-refractivity contribution in [3.8, 4) is 0 Å². The lowest BCUT2D eigenvalue weighted by Crippen LogP contribution is -2.24. The highest BCUT2D eigenvalue weighted by molar-refractivity contribution is 5.26. The van der Waals surface area contributed by atoms with Gasteiger partial charge in [-0.1, -0.05) is 0 Å². The lowest BCUT2D eigenvalue weighted by atomic mass is 10.2. The van der Waals surface area contributed by atoms with E-state index in [4.69, 9.17) is 4.74 Å². The van der Waals surface area contributed by atoms with Crippen LogP contribution in [0.5, 0.6) is 0 Å². The fraction of sp³-hybridized carbons (Fsp3) is 0.714. The second-order valence-electron chi connectivity index (χ2n) is 5.40. The van der Waals surface area contributed by atoms with E-state index >= 15 is 0 Å². The first-order chi connectivity index (χ1) is 9.15. The molecule has 0 radical (unpaired) electrons. The number of nitrogens with zero attached hydrogens (tertiary/aromatic N) is 4. The third-order valence-electron chi connectivity index (χ3n) is 3.39. The first-order valence-electron chi connectivity index (χ1n) is 6.94.